The van der Waals surface area contributed by atoms with Crippen molar-refractivity contribution in [1.82, 2.24) is 4.90 Å². The number of carbonyl (C=O) groups excluding carboxylic acids is 2. The van der Waals surface area contributed by atoms with Gasteiger partial charge in [-0.05, 0) is 60.5 Å². The summed E-state index contributed by atoms with van der Waals surface area (Å²) in [6, 6.07) is 16.1. The molecule has 1 aliphatic heterocycles. The molecule has 1 N–H and O–H groups in total. The number of amides is 1. The third-order valence-corrected chi connectivity index (χ3v) is 6.61. The number of benzene rings is 3. The van der Waals surface area contributed by atoms with E-state index in [0.717, 1.165) is 5.56 Å². The van der Waals surface area contributed by atoms with Crippen molar-refractivity contribution in [2.75, 3.05) is 27.9 Å². The average molecular weight is 538 g/mol. The van der Waals surface area contributed by atoms with Gasteiger partial charge in [0.25, 0.3) is 11.7 Å². The minimum Gasteiger partial charge on any atom is -0.507 e. The normalized spacial score (nSPS) is 16.4. The maximum atomic E-state index is 13.4. The van der Waals surface area contributed by atoms with Crippen LogP contribution in [0.1, 0.15) is 29.7 Å². The summed E-state index contributed by atoms with van der Waals surface area (Å²) in [5.74, 6) is 0.0525. The molecule has 1 unspecified atom stereocenters. The topological polar surface area (TPSA) is 94.5 Å². The Morgan fingerprint density at radius 2 is 1.58 bits per heavy atom. The Kier molecular flexibility index (Phi) is 8.12. The number of hydrogen-bond donors (Lipinski definition) is 1. The van der Waals surface area contributed by atoms with E-state index in [9.17, 15) is 14.7 Å². The fraction of sp³-hybridized carbons (Fsp3) is 0.241. The van der Waals surface area contributed by atoms with Crippen LogP contribution in [0, 0.1) is 0 Å². The zero-order valence-corrected chi connectivity index (χ0v) is 22.2. The van der Waals surface area contributed by atoms with Gasteiger partial charge < -0.3 is 29.0 Å². The predicted molar refractivity (Wildman–Crippen MR) is 143 cm³/mol. The second kappa shape index (κ2) is 11.5. The Morgan fingerprint density at radius 1 is 0.895 bits per heavy atom. The highest BCUT2D eigenvalue weighted by atomic mass is 35.5. The van der Waals surface area contributed by atoms with E-state index >= 15 is 0 Å². The highest BCUT2D eigenvalue weighted by Gasteiger charge is 2.46. The monoisotopic (exact) mass is 537 g/mol. The van der Waals surface area contributed by atoms with Crippen LogP contribution >= 0.6 is 11.6 Å². The van der Waals surface area contributed by atoms with Crippen LogP contribution in [0.25, 0.3) is 5.76 Å². The Hall–Kier alpha value is -4.17. The summed E-state index contributed by atoms with van der Waals surface area (Å²) in [4.78, 5) is 28.2. The molecule has 1 aliphatic rings. The van der Waals surface area contributed by atoms with E-state index < -0.39 is 23.5 Å². The van der Waals surface area contributed by atoms with E-state index in [4.69, 9.17) is 30.5 Å². The van der Waals surface area contributed by atoms with Gasteiger partial charge in [-0.2, -0.15) is 0 Å². The van der Waals surface area contributed by atoms with Gasteiger partial charge in [-0.1, -0.05) is 29.8 Å². The highest BCUT2D eigenvalue weighted by Crippen LogP contribution is 2.43. The van der Waals surface area contributed by atoms with Gasteiger partial charge in [0.15, 0.2) is 11.5 Å². The largest absolute Gasteiger partial charge is 0.507 e. The minimum atomic E-state index is -0.927. The Balaban J connectivity index is 1.89. The number of halogens is 1. The SMILES string of the molecule is CCOc1ccc(Cl)c(/C(O)=C2\C(=O)C(=O)N(Cc3ccc(OC)cc3)C2c2ccc(OC)c(OC)c2)c1. The molecule has 0 bridgehead atoms. The first-order chi connectivity index (χ1) is 18.3. The van der Waals surface area contributed by atoms with E-state index in [1.54, 1.807) is 55.6 Å². The number of likely N-dealkylation sites (tertiary alicyclic amines) is 1. The lowest BCUT2D eigenvalue weighted by Crippen LogP contribution is -2.29. The summed E-state index contributed by atoms with van der Waals surface area (Å²) >= 11 is 6.42. The molecule has 1 atom stereocenters. The summed E-state index contributed by atoms with van der Waals surface area (Å²) in [6.07, 6.45) is 0. The van der Waals surface area contributed by atoms with Crippen LogP contribution in [-0.4, -0.2) is 49.6 Å². The molecule has 9 heteroatoms. The van der Waals surface area contributed by atoms with Crippen molar-refractivity contribution in [2.45, 2.75) is 19.5 Å². The van der Waals surface area contributed by atoms with Crippen molar-refractivity contribution in [1.29, 1.82) is 0 Å². The van der Waals surface area contributed by atoms with Crippen LogP contribution in [0.4, 0.5) is 0 Å². The molecule has 1 fully saturated rings. The van der Waals surface area contributed by atoms with Crippen molar-refractivity contribution in [3.05, 3.63) is 87.9 Å². The van der Waals surface area contributed by atoms with E-state index in [1.807, 2.05) is 19.1 Å². The number of carbonyl (C=O) groups is 2. The Morgan fingerprint density at radius 3 is 2.21 bits per heavy atom. The molecule has 0 aliphatic carbocycles. The molecule has 4 rings (SSSR count). The second-order valence-electron chi connectivity index (χ2n) is 8.46. The number of ether oxygens (including phenoxy) is 4. The van der Waals surface area contributed by atoms with Gasteiger partial charge >= 0.3 is 0 Å². The summed E-state index contributed by atoms with van der Waals surface area (Å²) in [5.41, 5.74) is 1.42. The first-order valence-corrected chi connectivity index (χ1v) is 12.3. The van der Waals surface area contributed by atoms with Gasteiger partial charge in [0, 0.05) is 12.1 Å². The molecule has 1 saturated heterocycles. The van der Waals surface area contributed by atoms with Crippen LogP contribution in [0.2, 0.25) is 5.02 Å². The second-order valence-corrected chi connectivity index (χ2v) is 8.87. The lowest BCUT2D eigenvalue weighted by atomic mass is 9.94. The maximum Gasteiger partial charge on any atom is 0.295 e. The molecule has 0 saturated carbocycles. The van der Waals surface area contributed by atoms with Crippen molar-refractivity contribution in [2.24, 2.45) is 0 Å². The fourth-order valence-corrected chi connectivity index (χ4v) is 4.63. The molecule has 38 heavy (non-hydrogen) atoms. The zero-order chi connectivity index (χ0) is 27.4. The number of hydrogen-bond acceptors (Lipinski definition) is 7. The predicted octanol–water partition coefficient (Wildman–Crippen LogP) is 5.39. The lowest BCUT2D eigenvalue weighted by molar-refractivity contribution is -0.140. The summed E-state index contributed by atoms with van der Waals surface area (Å²) < 4.78 is 21.6. The quantitative estimate of drug-likeness (QED) is 0.222. The summed E-state index contributed by atoms with van der Waals surface area (Å²) in [6.45, 7) is 2.34. The van der Waals surface area contributed by atoms with Crippen LogP contribution in [0.3, 0.4) is 0 Å². The van der Waals surface area contributed by atoms with E-state index in [-0.39, 0.29) is 22.7 Å². The van der Waals surface area contributed by atoms with Gasteiger partial charge in [-0.15, -0.1) is 0 Å². The third-order valence-electron chi connectivity index (χ3n) is 6.28. The van der Waals surface area contributed by atoms with Crippen LogP contribution in [0.15, 0.2) is 66.2 Å². The van der Waals surface area contributed by atoms with Crippen LogP contribution in [0.5, 0.6) is 23.0 Å². The smallest absolute Gasteiger partial charge is 0.295 e. The Bertz CT molecular complexity index is 1380. The molecular weight excluding hydrogens is 510 g/mol. The van der Waals surface area contributed by atoms with Gasteiger partial charge in [-0.25, -0.2) is 0 Å². The summed E-state index contributed by atoms with van der Waals surface area (Å²) in [7, 11) is 4.58. The molecule has 198 valence electrons. The molecule has 0 radical (unpaired) electrons. The van der Waals surface area contributed by atoms with E-state index in [0.29, 0.717) is 35.2 Å². The van der Waals surface area contributed by atoms with Crippen LogP contribution in [-0.2, 0) is 16.1 Å². The molecule has 1 heterocycles. The number of methoxy groups -OCH3 is 3. The van der Waals surface area contributed by atoms with Crippen molar-refractivity contribution in [3.63, 3.8) is 0 Å². The van der Waals surface area contributed by atoms with Crippen molar-refractivity contribution < 1.29 is 33.6 Å². The number of nitrogens with zero attached hydrogens (tertiary/aromatic N) is 1. The number of ketones is 1. The first-order valence-electron chi connectivity index (χ1n) is 11.9. The molecule has 3 aromatic rings. The first kappa shape index (κ1) is 26.9. The Labute approximate surface area is 225 Å². The molecule has 0 spiro atoms. The molecule has 3 aromatic carbocycles. The molecular formula is C29H28ClNO7. The minimum absolute atomic E-state index is 0.0914. The van der Waals surface area contributed by atoms with Crippen molar-refractivity contribution in [3.8, 4) is 23.0 Å². The molecule has 1 amide bonds. The fourth-order valence-electron chi connectivity index (χ4n) is 4.43. The van der Waals surface area contributed by atoms with E-state index in [1.165, 1.54) is 19.1 Å². The van der Waals surface area contributed by atoms with Gasteiger partial charge in [0.1, 0.15) is 17.3 Å². The van der Waals surface area contributed by atoms with Crippen molar-refractivity contribution >= 4 is 29.1 Å². The number of aliphatic hydroxyl groups is 1. The van der Waals surface area contributed by atoms with E-state index in [2.05, 4.69) is 0 Å². The number of Topliss-reactive ketones (excluding diaryl/α,β-unsaturated/α-hetero) is 1. The lowest BCUT2D eigenvalue weighted by Gasteiger charge is -2.26. The maximum absolute atomic E-state index is 13.4. The van der Waals surface area contributed by atoms with Crippen LogP contribution < -0.4 is 18.9 Å². The summed E-state index contributed by atoms with van der Waals surface area (Å²) in [5, 5.41) is 11.7. The standard InChI is InChI=1S/C29H28ClNO7/c1-5-38-20-11-12-22(30)21(15-20)27(32)25-26(18-8-13-23(36-3)24(14-18)37-4)31(29(34)28(25)33)16-17-6-9-19(35-2)10-7-17/h6-15,26,32H,5,16H2,1-4H3/b27-25+. The average Bonchev–Trinajstić information content (AvgIpc) is 3.18. The highest BCUT2D eigenvalue weighted by molar-refractivity contribution is 6.47. The zero-order valence-electron chi connectivity index (χ0n) is 21.5. The van der Waals surface area contributed by atoms with Gasteiger partial charge in [-0.3, -0.25) is 9.59 Å². The van der Waals surface area contributed by atoms with Gasteiger partial charge in [0.2, 0.25) is 0 Å². The third kappa shape index (κ3) is 5.13. The number of rotatable bonds is 9. The number of aliphatic hydroxyl groups excluding tert-OH is 1. The molecule has 0 aromatic heterocycles. The molecule has 8 nitrogen and oxygen atoms in total. The van der Waals surface area contributed by atoms with Gasteiger partial charge in [0.05, 0.1) is 44.6 Å².